The van der Waals surface area contributed by atoms with Gasteiger partial charge in [0.15, 0.2) is 0 Å². The largest absolute Gasteiger partial charge is 0.299 e. The van der Waals surface area contributed by atoms with Crippen LogP contribution in [0.15, 0.2) is 17.5 Å². The fourth-order valence-corrected chi connectivity index (χ4v) is 2.25. The second-order valence-electron chi connectivity index (χ2n) is 3.74. The third-order valence-corrected chi connectivity index (χ3v) is 3.41. The molecule has 78 valence electrons. The molecule has 2 heteroatoms. The summed E-state index contributed by atoms with van der Waals surface area (Å²) >= 11 is 1.74. The summed E-state index contributed by atoms with van der Waals surface area (Å²) in [6.07, 6.45) is 3.77. The van der Waals surface area contributed by atoms with Crippen molar-refractivity contribution in [1.82, 2.24) is 0 Å². The highest BCUT2D eigenvalue weighted by molar-refractivity contribution is 7.09. The molecule has 0 aliphatic rings. The second kappa shape index (κ2) is 5.97. The lowest BCUT2D eigenvalue weighted by Crippen LogP contribution is -2.11. The SMILES string of the molecule is CCCC(C)C(=O)CCc1cccs1. The summed E-state index contributed by atoms with van der Waals surface area (Å²) in [5.41, 5.74) is 0. The van der Waals surface area contributed by atoms with Crippen molar-refractivity contribution in [2.45, 2.75) is 39.5 Å². The van der Waals surface area contributed by atoms with Gasteiger partial charge in [0.1, 0.15) is 5.78 Å². The molecule has 0 saturated heterocycles. The molecule has 0 saturated carbocycles. The Morgan fingerprint density at radius 1 is 1.57 bits per heavy atom. The molecule has 0 fully saturated rings. The number of ketones is 1. The van der Waals surface area contributed by atoms with E-state index in [-0.39, 0.29) is 5.92 Å². The predicted molar refractivity (Wildman–Crippen MR) is 61.7 cm³/mol. The molecule has 1 aromatic rings. The zero-order valence-corrected chi connectivity index (χ0v) is 9.77. The summed E-state index contributed by atoms with van der Waals surface area (Å²) in [4.78, 5) is 13.0. The Morgan fingerprint density at radius 3 is 2.93 bits per heavy atom. The lowest BCUT2D eigenvalue weighted by Gasteiger charge is -2.07. The molecule has 1 nitrogen and oxygen atoms in total. The Balaban J connectivity index is 2.27. The van der Waals surface area contributed by atoms with Crippen LogP contribution >= 0.6 is 11.3 Å². The number of aryl methyl sites for hydroxylation is 1. The zero-order chi connectivity index (χ0) is 10.4. The lowest BCUT2D eigenvalue weighted by atomic mass is 9.97. The van der Waals surface area contributed by atoms with Gasteiger partial charge in [-0.1, -0.05) is 26.3 Å². The lowest BCUT2D eigenvalue weighted by molar-refractivity contribution is -0.122. The second-order valence-corrected chi connectivity index (χ2v) is 4.77. The molecule has 1 unspecified atom stereocenters. The van der Waals surface area contributed by atoms with E-state index in [4.69, 9.17) is 0 Å². The fraction of sp³-hybridized carbons (Fsp3) is 0.583. The van der Waals surface area contributed by atoms with Gasteiger partial charge in [-0.2, -0.15) is 0 Å². The van der Waals surface area contributed by atoms with Gasteiger partial charge < -0.3 is 0 Å². The average Bonchev–Trinajstić information content (AvgIpc) is 2.67. The summed E-state index contributed by atoms with van der Waals surface area (Å²) in [6, 6.07) is 4.14. The van der Waals surface area contributed by atoms with Crippen molar-refractivity contribution in [2.24, 2.45) is 5.92 Å². The summed E-state index contributed by atoms with van der Waals surface area (Å²) in [7, 11) is 0. The van der Waals surface area contributed by atoms with E-state index < -0.39 is 0 Å². The molecule has 0 N–H and O–H groups in total. The number of hydrogen-bond acceptors (Lipinski definition) is 2. The summed E-state index contributed by atoms with van der Waals surface area (Å²) in [5, 5.41) is 2.06. The molecule has 0 aliphatic heterocycles. The molecule has 1 rings (SSSR count). The quantitative estimate of drug-likeness (QED) is 0.700. The normalized spacial score (nSPS) is 12.7. The first-order valence-corrected chi connectivity index (χ1v) is 6.17. The minimum absolute atomic E-state index is 0.250. The molecule has 14 heavy (non-hydrogen) atoms. The maximum Gasteiger partial charge on any atom is 0.136 e. The number of Topliss-reactive ketones (excluding diaryl/α,β-unsaturated/α-hetero) is 1. The van der Waals surface area contributed by atoms with E-state index in [1.807, 2.05) is 13.0 Å². The highest BCUT2D eigenvalue weighted by Crippen LogP contribution is 2.14. The Bertz CT molecular complexity index is 264. The van der Waals surface area contributed by atoms with Crippen molar-refractivity contribution in [3.8, 4) is 0 Å². The van der Waals surface area contributed by atoms with Gasteiger partial charge >= 0.3 is 0 Å². The van der Waals surface area contributed by atoms with Crippen LogP contribution in [0.3, 0.4) is 0 Å². The fourth-order valence-electron chi connectivity index (χ4n) is 1.54. The number of hydrogen-bond donors (Lipinski definition) is 0. The number of carbonyl (C=O) groups is 1. The molecular formula is C12H18OS. The zero-order valence-electron chi connectivity index (χ0n) is 8.95. The standard InChI is InChI=1S/C12H18OS/c1-3-5-10(2)12(13)8-7-11-6-4-9-14-11/h4,6,9-10H,3,5,7-8H2,1-2H3. The topological polar surface area (TPSA) is 17.1 Å². The minimum atomic E-state index is 0.250. The van der Waals surface area contributed by atoms with E-state index in [0.717, 1.165) is 19.3 Å². The first kappa shape index (κ1) is 11.4. The molecule has 0 radical (unpaired) electrons. The van der Waals surface area contributed by atoms with Gasteiger partial charge in [-0.05, 0) is 24.3 Å². The van der Waals surface area contributed by atoms with Crippen LogP contribution in [-0.2, 0) is 11.2 Å². The minimum Gasteiger partial charge on any atom is -0.299 e. The van der Waals surface area contributed by atoms with E-state index in [9.17, 15) is 4.79 Å². The molecule has 0 aliphatic carbocycles. The van der Waals surface area contributed by atoms with Crippen LogP contribution in [0.4, 0.5) is 0 Å². The average molecular weight is 210 g/mol. The van der Waals surface area contributed by atoms with Crippen molar-refractivity contribution in [3.05, 3.63) is 22.4 Å². The van der Waals surface area contributed by atoms with E-state index >= 15 is 0 Å². The van der Waals surface area contributed by atoms with E-state index in [1.165, 1.54) is 4.88 Å². The van der Waals surface area contributed by atoms with E-state index in [2.05, 4.69) is 18.4 Å². The maximum atomic E-state index is 11.6. The highest BCUT2D eigenvalue weighted by atomic mass is 32.1. The first-order valence-electron chi connectivity index (χ1n) is 5.29. The van der Waals surface area contributed by atoms with Crippen LogP contribution in [0, 0.1) is 5.92 Å². The Labute approximate surface area is 90.2 Å². The van der Waals surface area contributed by atoms with Crippen LogP contribution in [0.1, 0.15) is 38.0 Å². The Kier molecular flexibility index (Phi) is 4.88. The number of rotatable bonds is 6. The van der Waals surface area contributed by atoms with Crippen molar-refractivity contribution in [2.75, 3.05) is 0 Å². The maximum absolute atomic E-state index is 11.6. The third-order valence-electron chi connectivity index (χ3n) is 2.47. The van der Waals surface area contributed by atoms with Crippen molar-refractivity contribution < 1.29 is 4.79 Å². The predicted octanol–water partition coefficient (Wildman–Crippen LogP) is 3.69. The Morgan fingerprint density at radius 2 is 2.36 bits per heavy atom. The van der Waals surface area contributed by atoms with Crippen LogP contribution in [0.5, 0.6) is 0 Å². The summed E-state index contributed by atoms with van der Waals surface area (Å²) in [6.45, 7) is 4.17. The van der Waals surface area contributed by atoms with Gasteiger partial charge in [0.05, 0.1) is 0 Å². The van der Waals surface area contributed by atoms with Gasteiger partial charge in [0.2, 0.25) is 0 Å². The molecule has 1 atom stereocenters. The van der Waals surface area contributed by atoms with Gasteiger partial charge in [0.25, 0.3) is 0 Å². The van der Waals surface area contributed by atoms with Crippen LogP contribution in [0.25, 0.3) is 0 Å². The monoisotopic (exact) mass is 210 g/mol. The number of thiophene rings is 1. The van der Waals surface area contributed by atoms with E-state index in [0.29, 0.717) is 12.2 Å². The summed E-state index contributed by atoms with van der Waals surface area (Å²) < 4.78 is 0. The molecule has 0 bridgehead atoms. The highest BCUT2D eigenvalue weighted by Gasteiger charge is 2.11. The summed E-state index contributed by atoms with van der Waals surface area (Å²) in [5.74, 6) is 0.667. The first-order chi connectivity index (χ1) is 6.74. The molecule has 0 spiro atoms. The van der Waals surface area contributed by atoms with Crippen LogP contribution in [-0.4, -0.2) is 5.78 Å². The van der Waals surface area contributed by atoms with Crippen molar-refractivity contribution in [1.29, 1.82) is 0 Å². The van der Waals surface area contributed by atoms with E-state index in [1.54, 1.807) is 11.3 Å². The van der Waals surface area contributed by atoms with Crippen molar-refractivity contribution in [3.63, 3.8) is 0 Å². The van der Waals surface area contributed by atoms with Crippen LogP contribution in [0.2, 0.25) is 0 Å². The molecule has 0 aromatic carbocycles. The molecule has 1 aromatic heterocycles. The third kappa shape index (κ3) is 3.62. The molecular weight excluding hydrogens is 192 g/mol. The Hall–Kier alpha value is -0.630. The molecule has 0 amide bonds. The van der Waals surface area contributed by atoms with Gasteiger partial charge in [-0.25, -0.2) is 0 Å². The van der Waals surface area contributed by atoms with Crippen LogP contribution < -0.4 is 0 Å². The number of carbonyl (C=O) groups excluding carboxylic acids is 1. The van der Waals surface area contributed by atoms with Gasteiger partial charge in [-0.3, -0.25) is 4.79 Å². The smallest absolute Gasteiger partial charge is 0.136 e. The van der Waals surface area contributed by atoms with Gasteiger partial charge in [0, 0.05) is 17.2 Å². The molecule has 1 heterocycles. The van der Waals surface area contributed by atoms with Crippen molar-refractivity contribution >= 4 is 17.1 Å². The van der Waals surface area contributed by atoms with Gasteiger partial charge in [-0.15, -0.1) is 11.3 Å².